The summed E-state index contributed by atoms with van der Waals surface area (Å²) in [7, 11) is -5.90. The first kappa shape index (κ1) is 63.0. The van der Waals surface area contributed by atoms with Gasteiger partial charge in [0.25, 0.3) is 11.8 Å². The fraction of sp³-hybridized carbons (Fsp3) is 0.475. The van der Waals surface area contributed by atoms with Gasteiger partial charge in [0.15, 0.2) is 11.6 Å². The maximum Gasteiger partial charge on any atom is 0.399 e. The molecule has 0 radical (unpaired) electrons. The molecular weight excluding hydrogens is 1170 g/mol. The summed E-state index contributed by atoms with van der Waals surface area (Å²) in [6.07, 6.45) is 2.54. The van der Waals surface area contributed by atoms with Crippen LogP contribution in [-0.2, 0) is 56.8 Å². The van der Waals surface area contributed by atoms with Crippen LogP contribution in [0.25, 0.3) is 10.1 Å². The van der Waals surface area contributed by atoms with Crippen LogP contribution < -0.4 is 27.0 Å². The van der Waals surface area contributed by atoms with Crippen molar-refractivity contribution >= 4 is 82.2 Å². The summed E-state index contributed by atoms with van der Waals surface area (Å²) in [4.78, 5) is 147. The number of thiophene rings is 1. The number of likely N-dealkylation sites (tertiary alicyclic amines) is 1. The molecule has 0 aliphatic carbocycles. The number of carbonyl (C=O) groups excluding carboxylic acids is 9. The van der Waals surface area contributed by atoms with Crippen LogP contribution in [0.15, 0.2) is 60.7 Å². The largest absolute Gasteiger partial charge is 0.399 e. The molecule has 21 nitrogen and oxygen atoms in total. The van der Waals surface area contributed by atoms with Crippen molar-refractivity contribution < 1.29 is 75.1 Å². The van der Waals surface area contributed by atoms with Crippen LogP contribution in [0.5, 0.6) is 0 Å². The highest BCUT2D eigenvalue weighted by molar-refractivity contribution is 7.52. The summed E-state index contributed by atoms with van der Waals surface area (Å²) in [6.45, 7) is 4.99. The second kappa shape index (κ2) is 26.2. The maximum absolute atomic E-state index is 14.8. The first-order valence-corrected chi connectivity index (χ1v) is 30.9. The number of hydrogen-bond donors (Lipinski definition) is 7. The van der Waals surface area contributed by atoms with Gasteiger partial charge in [-0.3, -0.25) is 57.9 Å². The van der Waals surface area contributed by atoms with E-state index >= 15 is 0 Å². The van der Waals surface area contributed by atoms with Crippen molar-refractivity contribution in [2.24, 2.45) is 11.7 Å². The van der Waals surface area contributed by atoms with E-state index in [0.29, 0.717) is 66.5 Å². The number of nitrogens with zero attached hydrogens (tertiary/aromatic N) is 4. The quantitative estimate of drug-likeness (QED) is 0.0317. The highest BCUT2D eigenvalue weighted by Crippen LogP contribution is 2.59. The van der Waals surface area contributed by atoms with Crippen molar-refractivity contribution in [2.75, 3.05) is 26.2 Å². The molecule has 0 saturated carbocycles. The molecule has 86 heavy (non-hydrogen) atoms. The first-order chi connectivity index (χ1) is 40.8. The predicted molar refractivity (Wildman–Crippen MR) is 304 cm³/mol. The molecular formula is C59H66F4N9O12PS. The number of fused-ring (bicyclic) bond motifs is 3. The van der Waals surface area contributed by atoms with Gasteiger partial charge in [-0.05, 0) is 130 Å². The predicted octanol–water partition coefficient (Wildman–Crippen LogP) is 4.29. The van der Waals surface area contributed by atoms with Crippen LogP contribution in [0.4, 0.5) is 17.6 Å². The molecule has 0 bridgehead atoms. The van der Waals surface area contributed by atoms with Crippen LogP contribution in [0.2, 0.25) is 0 Å². The summed E-state index contributed by atoms with van der Waals surface area (Å²) in [5, 5.41) is 10.6. The number of halogens is 4. The Morgan fingerprint density at radius 1 is 0.895 bits per heavy atom. The number of nitrogens with one attached hydrogen (secondary N) is 4. The van der Waals surface area contributed by atoms with Gasteiger partial charge in [0.1, 0.15) is 30.2 Å². The Kier molecular flexibility index (Phi) is 19.2. The Hall–Kier alpha value is -7.56. The van der Waals surface area contributed by atoms with E-state index in [0.717, 1.165) is 35.6 Å². The van der Waals surface area contributed by atoms with Gasteiger partial charge >= 0.3 is 13.3 Å². The van der Waals surface area contributed by atoms with Crippen molar-refractivity contribution in [1.29, 1.82) is 0 Å². The minimum Gasteiger partial charge on any atom is -0.370 e. The molecule has 3 aromatic carbocycles. The van der Waals surface area contributed by atoms with E-state index in [9.17, 15) is 75.1 Å². The zero-order valence-corrected chi connectivity index (χ0v) is 48.8. The molecule has 4 aromatic rings. The Balaban J connectivity index is 0.861. The molecule has 4 fully saturated rings. The van der Waals surface area contributed by atoms with E-state index in [1.54, 1.807) is 23.1 Å². The molecule has 8 N–H and O–H groups in total. The van der Waals surface area contributed by atoms with Gasteiger partial charge in [-0.2, -0.15) is 8.78 Å². The number of amides is 9. The van der Waals surface area contributed by atoms with Crippen LogP contribution in [0, 0.1) is 29.4 Å². The van der Waals surface area contributed by atoms with Gasteiger partial charge in [0, 0.05) is 91.9 Å². The third-order valence-corrected chi connectivity index (χ3v) is 18.9. The second-order valence-electron chi connectivity index (χ2n) is 22.8. The Morgan fingerprint density at radius 3 is 2.35 bits per heavy atom. The smallest absolute Gasteiger partial charge is 0.370 e. The standard InChI is InChI=1S/C59H66F4N9O12PS/c1-32(2)70-25-22-38-12-15-47(72(38)58(81)45(31-70)67-55(78)49-29-36-28-37(11-17-48(36)86-49)59(62,63)85(82,83)84)54(77)65-43(14-18-50(64)73)52(75)66-44(27-34-10-13-41(60)42(61)26-34)57(80)69-23-20-33(21-24-69)6-3-4-7-35-8-5-9-39-40(35)30-71(56(39)79)46-16-19-51(74)68-53(46)76/h5,8-11,13,17,26,28-29,32-33,38,43-47H,3,6,12,14-16,18-25,27,30-31H2,1-2H3,(H2,64,73)(H,65,77)(H,66,75)(H,67,78)(H,68,74,76)(H2,82,83,84)/t38-,43+,44+,45+,46?,47+/m1/s1. The minimum absolute atomic E-state index is 0.000411. The second-order valence-corrected chi connectivity index (χ2v) is 25.5. The lowest BCUT2D eigenvalue weighted by Crippen LogP contribution is -2.62. The molecule has 4 saturated heterocycles. The number of primary amides is 1. The van der Waals surface area contributed by atoms with E-state index in [2.05, 4.69) is 33.1 Å². The molecule has 9 amide bonds. The Morgan fingerprint density at radius 2 is 1.65 bits per heavy atom. The van der Waals surface area contributed by atoms with E-state index in [1.165, 1.54) is 28.0 Å². The maximum atomic E-state index is 14.8. The minimum atomic E-state index is -5.90. The number of alkyl halides is 2. The monoisotopic (exact) mass is 1230 g/mol. The molecule has 6 heterocycles. The van der Waals surface area contributed by atoms with Gasteiger partial charge in [0.2, 0.25) is 41.4 Å². The molecule has 5 aliphatic heterocycles. The number of nitrogens with two attached hydrogens (primary N) is 1. The zero-order valence-electron chi connectivity index (χ0n) is 47.1. The van der Waals surface area contributed by atoms with Gasteiger partial charge in [0.05, 0.1) is 4.88 Å². The van der Waals surface area contributed by atoms with Crippen molar-refractivity contribution in [2.45, 2.75) is 145 Å². The fourth-order valence-electron chi connectivity index (χ4n) is 12.0. The summed E-state index contributed by atoms with van der Waals surface area (Å²) < 4.78 is 70.0. The lowest BCUT2D eigenvalue weighted by Gasteiger charge is -2.40. The first-order valence-electron chi connectivity index (χ1n) is 28.5. The molecule has 9 rings (SSSR count). The highest BCUT2D eigenvalue weighted by atomic mass is 32.1. The van der Waals surface area contributed by atoms with Crippen molar-refractivity contribution in [3.8, 4) is 11.8 Å². The van der Waals surface area contributed by atoms with Crippen LogP contribution in [-0.4, -0.2) is 151 Å². The van der Waals surface area contributed by atoms with E-state index in [-0.39, 0.29) is 97.9 Å². The lowest BCUT2D eigenvalue weighted by molar-refractivity contribution is -0.144. The number of benzene rings is 3. The number of rotatable bonds is 18. The number of imide groups is 1. The van der Waals surface area contributed by atoms with Gasteiger partial charge in [-0.25, -0.2) is 8.78 Å². The van der Waals surface area contributed by atoms with E-state index < -0.39 is 114 Å². The van der Waals surface area contributed by atoms with Crippen molar-refractivity contribution in [3.63, 3.8) is 0 Å². The third-order valence-electron chi connectivity index (χ3n) is 16.8. The molecule has 1 unspecified atom stereocenters. The zero-order chi connectivity index (χ0) is 61.9. The Bertz CT molecular complexity index is 3490. The van der Waals surface area contributed by atoms with E-state index in [4.69, 9.17) is 5.73 Å². The molecule has 1 aromatic heterocycles. The number of hydrogen-bond acceptors (Lipinski definition) is 12. The molecule has 6 atom stereocenters. The molecule has 0 spiro atoms. The lowest BCUT2D eigenvalue weighted by atomic mass is 9.91. The summed E-state index contributed by atoms with van der Waals surface area (Å²) in [6, 6.07) is 5.80. The Labute approximate surface area is 496 Å². The van der Waals surface area contributed by atoms with Gasteiger partial charge in [-0.1, -0.05) is 30.0 Å². The fourth-order valence-corrected chi connectivity index (χ4v) is 13.4. The average molecular weight is 1230 g/mol. The normalized spacial score (nSPS) is 21.2. The van der Waals surface area contributed by atoms with E-state index in [1.807, 2.05) is 18.7 Å². The van der Waals surface area contributed by atoms with Gasteiger partial charge < -0.3 is 46.2 Å². The van der Waals surface area contributed by atoms with Crippen LogP contribution >= 0.6 is 18.9 Å². The SMILES string of the molecule is CC(C)N1CC[C@H]2CC[C@@H](C(=O)N[C@@H](CCC(N)=O)C(=O)N[C@@H](Cc3ccc(F)c(F)c3)C(=O)N3CCC(CCC#Cc4cccc5c4CN(C4CCC(=O)NC4=O)C5=O)CC3)N2C(=O)[C@@H](NC(=O)c2cc3cc(C(F)(F)P(=O)(O)O)ccc3s2)C1. The summed E-state index contributed by atoms with van der Waals surface area (Å²) >= 11 is 0.898. The number of carbonyl (C=O) groups is 9. The molecule has 5 aliphatic rings. The van der Waals surface area contributed by atoms with Crippen LogP contribution in [0.1, 0.15) is 127 Å². The average Bonchev–Trinajstić information content (AvgIpc) is 1.98. The third kappa shape index (κ3) is 14.0. The molecule has 27 heteroatoms. The number of piperidine rings is 2. The van der Waals surface area contributed by atoms with Gasteiger partial charge in [-0.15, -0.1) is 11.3 Å². The summed E-state index contributed by atoms with van der Waals surface area (Å²) in [5.74, 6) is -1.41. The molecule has 458 valence electrons. The highest BCUT2D eigenvalue weighted by Gasteiger charge is 2.51. The van der Waals surface area contributed by atoms with Crippen LogP contribution in [0.3, 0.4) is 0 Å². The van der Waals surface area contributed by atoms with Crippen molar-refractivity contribution in [3.05, 3.63) is 105 Å². The topological polar surface area (TPSA) is 298 Å². The summed E-state index contributed by atoms with van der Waals surface area (Å²) in [5.41, 5.74) is 2.05. The van der Waals surface area contributed by atoms with Crippen molar-refractivity contribution in [1.82, 2.24) is 40.9 Å².